The number of nitrogen functional groups attached to an aromatic ring is 1. The molecular weight excluding hydrogens is 270 g/mol. The number of aliphatic hydroxyl groups is 1. The van der Waals surface area contributed by atoms with E-state index in [0.29, 0.717) is 0 Å². The third-order valence-corrected chi connectivity index (χ3v) is 4.66. The minimum absolute atomic E-state index is 0.156. The van der Waals surface area contributed by atoms with E-state index < -0.39 is 0 Å². The van der Waals surface area contributed by atoms with E-state index in [1.807, 2.05) is 37.6 Å². The van der Waals surface area contributed by atoms with Crippen molar-refractivity contribution in [1.82, 2.24) is 4.98 Å². The summed E-state index contributed by atoms with van der Waals surface area (Å²) in [4.78, 5) is 4.30. The minimum atomic E-state index is 0.156. The molecule has 2 aromatic rings. The van der Waals surface area contributed by atoms with E-state index in [2.05, 4.69) is 17.2 Å². The molecule has 4 N–H and O–H groups in total. The van der Waals surface area contributed by atoms with Crippen molar-refractivity contribution in [3.05, 3.63) is 30.1 Å². The van der Waals surface area contributed by atoms with Crippen molar-refractivity contribution < 1.29 is 5.11 Å². The third-order valence-electron chi connectivity index (χ3n) is 3.49. The number of fused-ring (bicyclic) bond motifs is 1. The van der Waals surface area contributed by atoms with Crippen LogP contribution in [0.25, 0.3) is 10.8 Å². The lowest BCUT2D eigenvalue weighted by Crippen LogP contribution is -2.31. The summed E-state index contributed by atoms with van der Waals surface area (Å²) in [5.41, 5.74) is 8.73. The number of hydrogen-bond acceptors (Lipinski definition) is 5. The number of aromatic nitrogens is 1. The zero-order valence-electron chi connectivity index (χ0n) is 12.1. The van der Waals surface area contributed by atoms with E-state index in [1.165, 1.54) is 0 Å². The van der Waals surface area contributed by atoms with Crippen molar-refractivity contribution in [2.45, 2.75) is 25.1 Å². The number of nitrogens with two attached hydrogens (primary N) is 1. The fourth-order valence-corrected chi connectivity index (χ4v) is 2.89. The molecule has 0 fully saturated rings. The molecule has 1 aromatic carbocycles. The zero-order valence-corrected chi connectivity index (χ0v) is 12.9. The molecule has 2 rings (SSSR count). The Kier molecular flexibility index (Phi) is 4.73. The van der Waals surface area contributed by atoms with Crippen LogP contribution in [0, 0.1) is 6.92 Å². The van der Waals surface area contributed by atoms with Crippen LogP contribution in [0.15, 0.2) is 24.4 Å². The average Bonchev–Trinajstić information content (AvgIpc) is 2.43. The molecule has 20 heavy (non-hydrogen) atoms. The van der Waals surface area contributed by atoms with Crippen molar-refractivity contribution in [2.24, 2.45) is 0 Å². The Morgan fingerprint density at radius 1 is 1.40 bits per heavy atom. The van der Waals surface area contributed by atoms with E-state index >= 15 is 0 Å². The first-order valence-electron chi connectivity index (χ1n) is 6.61. The number of thioether (sulfide) groups is 1. The average molecular weight is 291 g/mol. The van der Waals surface area contributed by atoms with Gasteiger partial charge in [-0.2, -0.15) is 11.8 Å². The van der Waals surface area contributed by atoms with Gasteiger partial charge in [-0.25, -0.2) is 0 Å². The Morgan fingerprint density at radius 2 is 2.15 bits per heavy atom. The molecular formula is C15H21N3OS. The second-order valence-corrected chi connectivity index (χ2v) is 6.04. The van der Waals surface area contributed by atoms with Gasteiger partial charge in [0.25, 0.3) is 0 Å². The lowest BCUT2D eigenvalue weighted by molar-refractivity contribution is 0.288. The number of hydrogen-bond donors (Lipinski definition) is 3. The molecule has 0 bridgehead atoms. The van der Waals surface area contributed by atoms with E-state index in [9.17, 15) is 5.11 Å². The van der Waals surface area contributed by atoms with Gasteiger partial charge in [0.1, 0.15) is 0 Å². The van der Waals surface area contributed by atoms with Gasteiger partial charge in [0.15, 0.2) is 0 Å². The standard InChI is InChI=1S/C15H21N3OS/c1-9-6-11-12(7-17-9)13(16)4-5-14(11)18-10(2)15(8-19)20-3/h4-7,10,15,18-19H,8,16H2,1-3H3. The van der Waals surface area contributed by atoms with Crippen molar-refractivity contribution in [3.8, 4) is 0 Å². The van der Waals surface area contributed by atoms with Crippen LogP contribution in [-0.2, 0) is 0 Å². The van der Waals surface area contributed by atoms with Crippen molar-refractivity contribution in [1.29, 1.82) is 0 Å². The number of aryl methyl sites for hydroxylation is 1. The first kappa shape index (κ1) is 14.9. The lowest BCUT2D eigenvalue weighted by Gasteiger charge is -2.23. The molecule has 0 radical (unpaired) electrons. The molecule has 0 aliphatic carbocycles. The number of nitrogens with one attached hydrogen (secondary N) is 1. The molecule has 5 heteroatoms. The predicted molar refractivity (Wildman–Crippen MR) is 88.4 cm³/mol. The van der Waals surface area contributed by atoms with Gasteiger partial charge >= 0.3 is 0 Å². The number of benzene rings is 1. The van der Waals surface area contributed by atoms with E-state index in [1.54, 1.807) is 11.8 Å². The second kappa shape index (κ2) is 6.33. The van der Waals surface area contributed by atoms with Gasteiger partial charge in [-0.3, -0.25) is 4.98 Å². The molecule has 2 atom stereocenters. The Hall–Kier alpha value is -1.46. The van der Waals surface area contributed by atoms with Crippen molar-refractivity contribution in [2.75, 3.05) is 23.9 Å². The van der Waals surface area contributed by atoms with Gasteiger partial charge in [0.2, 0.25) is 0 Å². The van der Waals surface area contributed by atoms with Crippen molar-refractivity contribution in [3.63, 3.8) is 0 Å². The Bertz CT molecular complexity index is 599. The molecule has 108 valence electrons. The van der Waals surface area contributed by atoms with Gasteiger partial charge in [0.05, 0.1) is 6.61 Å². The Morgan fingerprint density at radius 3 is 2.80 bits per heavy atom. The van der Waals surface area contributed by atoms with Crippen LogP contribution in [0.4, 0.5) is 11.4 Å². The predicted octanol–water partition coefficient (Wildman–Crippen LogP) is 2.65. The number of rotatable bonds is 5. The maximum Gasteiger partial charge on any atom is 0.0569 e. The maximum absolute atomic E-state index is 9.39. The largest absolute Gasteiger partial charge is 0.398 e. The Balaban J connectivity index is 2.39. The number of pyridine rings is 1. The molecule has 0 saturated heterocycles. The highest BCUT2D eigenvalue weighted by molar-refractivity contribution is 7.99. The Labute approximate surface area is 123 Å². The summed E-state index contributed by atoms with van der Waals surface area (Å²) in [5, 5.41) is 15.0. The topological polar surface area (TPSA) is 71.2 Å². The molecule has 0 aliphatic heterocycles. The van der Waals surface area contributed by atoms with Gasteiger partial charge in [-0.15, -0.1) is 0 Å². The SMILES string of the molecule is CSC(CO)C(C)Nc1ccc(N)c2cnc(C)cc12. The summed E-state index contributed by atoms with van der Waals surface area (Å²) in [6.45, 7) is 4.20. The molecule has 1 aromatic heterocycles. The fourth-order valence-electron chi connectivity index (χ4n) is 2.27. The molecule has 0 spiro atoms. The molecule has 0 aliphatic rings. The van der Waals surface area contributed by atoms with E-state index in [-0.39, 0.29) is 17.9 Å². The maximum atomic E-state index is 9.39. The molecule has 0 amide bonds. The van der Waals surface area contributed by atoms with Crippen LogP contribution in [0.5, 0.6) is 0 Å². The summed E-state index contributed by atoms with van der Waals surface area (Å²) in [5.74, 6) is 0. The number of anilines is 2. The highest BCUT2D eigenvalue weighted by atomic mass is 32.2. The third kappa shape index (κ3) is 2.99. The number of aliphatic hydroxyl groups excluding tert-OH is 1. The van der Waals surface area contributed by atoms with Crippen LogP contribution in [0.3, 0.4) is 0 Å². The van der Waals surface area contributed by atoms with Gasteiger partial charge in [-0.05, 0) is 38.3 Å². The minimum Gasteiger partial charge on any atom is -0.398 e. The van der Waals surface area contributed by atoms with Crippen LogP contribution in [-0.4, -0.2) is 34.2 Å². The summed E-state index contributed by atoms with van der Waals surface area (Å²) < 4.78 is 0. The van der Waals surface area contributed by atoms with E-state index in [4.69, 9.17) is 5.73 Å². The quantitative estimate of drug-likeness (QED) is 0.739. The molecule has 4 nitrogen and oxygen atoms in total. The second-order valence-electron chi connectivity index (χ2n) is 4.96. The summed E-state index contributed by atoms with van der Waals surface area (Å²) >= 11 is 1.66. The highest BCUT2D eigenvalue weighted by Gasteiger charge is 2.16. The van der Waals surface area contributed by atoms with Crippen LogP contribution >= 0.6 is 11.8 Å². The smallest absolute Gasteiger partial charge is 0.0569 e. The number of nitrogens with zero attached hydrogens (tertiary/aromatic N) is 1. The molecule has 2 unspecified atom stereocenters. The van der Waals surface area contributed by atoms with Gasteiger partial charge < -0.3 is 16.2 Å². The molecule has 1 heterocycles. The zero-order chi connectivity index (χ0) is 14.7. The first-order valence-corrected chi connectivity index (χ1v) is 7.90. The highest BCUT2D eigenvalue weighted by Crippen LogP contribution is 2.29. The summed E-state index contributed by atoms with van der Waals surface area (Å²) in [6, 6.07) is 6.08. The van der Waals surface area contributed by atoms with E-state index in [0.717, 1.165) is 27.8 Å². The fraction of sp³-hybridized carbons (Fsp3) is 0.400. The summed E-state index contributed by atoms with van der Waals surface area (Å²) in [7, 11) is 0. The van der Waals surface area contributed by atoms with Crippen LogP contribution < -0.4 is 11.1 Å². The van der Waals surface area contributed by atoms with Crippen LogP contribution in [0.1, 0.15) is 12.6 Å². The lowest BCUT2D eigenvalue weighted by atomic mass is 10.1. The van der Waals surface area contributed by atoms with Crippen LogP contribution in [0.2, 0.25) is 0 Å². The molecule has 0 saturated carbocycles. The van der Waals surface area contributed by atoms with Gasteiger partial charge in [0, 0.05) is 45.3 Å². The normalized spacial score (nSPS) is 14.2. The van der Waals surface area contributed by atoms with Gasteiger partial charge in [-0.1, -0.05) is 0 Å². The monoisotopic (exact) mass is 291 g/mol. The summed E-state index contributed by atoms with van der Waals surface area (Å²) in [6.07, 6.45) is 3.82. The first-order chi connectivity index (χ1) is 9.56. The van der Waals surface area contributed by atoms with Crippen molar-refractivity contribution >= 4 is 33.9 Å².